The van der Waals surface area contributed by atoms with Gasteiger partial charge in [0.15, 0.2) is 0 Å². The summed E-state index contributed by atoms with van der Waals surface area (Å²) >= 11 is 0. The van der Waals surface area contributed by atoms with Gasteiger partial charge in [0.1, 0.15) is 5.82 Å². The van der Waals surface area contributed by atoms with E-state index in [0.717, 1.165) is 48.7 Å². The normalized spacial score (nSPS) is 15.7. The van der Waals surface area contributed by atoms with Gasteiger partial charge in [-0.3, -0.25) is 14.0 Å². The summed E-state index contributed by atoms with van der Waals surface area (Å²) in [6.07, 6.45) is 3.01. The molecule has 0 N–H and O–H groups in total. The lowest BCUT2D eigenvalue weighted by Crippen LogP contribution is -2.46. The molecule has 0 unspecified atom stereocenters. The Morgan fingerprint density at radius 1 is 1.00 bits per heavy atom. The molecule has 1 aliphatic rings. The van der Waals surface area contributed by atoms with E-state index in [1.54, 1.807) is 16.2 Å². The smallest absolute Gasteiger partial charge is 0.333 e. The van der Waals surface area contributed by atoms with Crippen LogP contribution in [0.2, 0.25) is 0 Å². The largest absolute Gasteiger partial charge is 0.354 e. The molecule has 0 aliphatic carbocycles. The van der Waals surface area contributed by atoms with Crippen LogP contribution in [0.3, 0.4) is 0 Å². The van der Waals surface area contributed by atoms with Crippen molar-refractivity contribution in [3.63, 3.8) is 0 Å². The Morgan fingerprint density at radius 3 is 2.38 bits per heavy atom. The predicted molar refractivity (Wildman–Crippen MR) is 105 cm³/mol. The molecule has 1 saturated heterocycles. The number of imidazole rings is 1. The molecule has 4 rings (SSSR count). The monoisotopic (exact) mass is 351 g/mol. The van der Waals surface area contributed by atoms with Crippen molar-refractivity contribution in [2.75, 3.05) is 37.6 Å². The molecular formula is C20H25N5O. The molecule has 1 fully saturated rings. The first kappa shape index (κ1) is 16.8. The van der Waals surface area contributed by atoms with Crippen molar-refractivity contribution in [3.8, 4) is 5.69 Å². The summed E-state index contributed by atoms with van der Waals surface area (Å²) < 4.78 is 3.40. The summed E-state index contributed by atoms with van der Waals surface area (Å²) in [6.45, 7) is 7.56. The van der Waals surface area contributed by atoms with Gasteiger partial charge in [0.05, 0.1) is 22.9 Å². The maximum atomic E-state index is 12.7. The van der Waals surface area contributed by atoms with E-state index in [4.69, 9.17) is 0 Å². The van der Waals surface area contributed by atoms with Crippen molar-refractivity contribution in [1.82, 2.24) is 19.0 Å². The van der Waals surface area contributed by atoms with Crippen LogP contribution in [0.1, 0.15) is 13.3 Å². The van der Waals surface area contributed by atoms with Gasteiger partial charge < -0.3 is 4.90 Å². The van der Waals surface area contributed by atoms with E-state index in [0.29, 0.717) is 0 Å². The van der Waals surface area contributed by atoms with Crippen LogP contribution in [0.25, 0.3) is 16.7 Å². The molecule has 0 radical (unpaired) electrons. The third-order valence-corrected chi connectivity index (χ3v) is 5.19. The second-order valence-electron chi connectivity index (χ2n) is 6.87. The summed E-state index contributed by atoms with van der Waals surface area (Å²) in [6, 6.07) is 11.9. The molecule has 0 saturated carbocycles. The quantitative estimate of drug-likeness (QED) is 0.723. The van der Waals surface area contributed by atoms with Crippen LogP contribution in [-0.2, 0) is 7.05 Å². The van der Waals surface area contributed by atoms with E-state index >= 15 is 0 Å². The van der Waals surface area contributed by atoms with Crippen molar-refractivity contribution in [2.45, 2.75) is 13.3 Å². The second-order valence-corrected chi connectivity index (χ2v) is 6.87. The van der Waals surface area contributed by atoms with E-state index in [1.807, 2.05) is 42.6 Å². The minimum Gasteiger partial charge on any atom is -0.354 e. The first-order valence-electron chi connectivity index (χ1n) is 9.29. The molecule has 0 spiro atoms. The Morgan fingerprint density at radius 2 is 1.73 bits per heavy atom. The molecule has 136 valence electrons. The van der Waals surface area contributed by atoms with Gasteiger partial charge in [-0.15, -0.1) is 0 Å². The number of para-hydroxylation sites is 2. The average Bonchev–Trinajstić information content (AvgIpc) is 2.94. The van der Waals surface area contributed by atoms with Crippen LogP contribution in [0.4, 0.5) is 5.82 Å². The number of anilines is 1. The van der Waals surface area contributed by atoms with Gasteiger partial charge in [-0.05, 0) is 37.2 Å². The zero-order valence-corrected chi connectivity index (χ0v) is 15.4. The predicted octanol–water partition coefficient (Wildman–Crippen LogP) is 2.26. The number of aromatic nitrogens is 3. The maximum Gasteiger partial charge on any atom is 0.333 e. The summed E-state index contributed by atoms with van der Waals surface area (Å²) in [7, 11) is 1.80. The number of benzene rings is 1. The zero-order valence-electron chi connectivity index (χ0n) is 15.4. The number of aryl methyl sites for hydroxylation is 1. The number of piperazine rings is 1. The van der Waals surface area contributed by atoms with E-state index in [1.165, 1.54) is 13.0 Å². The van der Waals surface area contributed by atoms with Gasteiger partial charge in [0, 0.05) is 33.2 Å². The Balaban J connectivity index is 1.60. The van der Waals surface area contributed by atoms with Gasteiger partial charge in [-0.2, -0.15) is 0 Å². The first-order chi connectivity index (χ1) is 12.7. The lowest BCUT2D eigenvalue weighted by atomic mass is 10.2. The number of hydrogen-bond donors (Lipinski definition) is 0. The highest BCUT2D eigenvalue weighted by Crippen LogP contribution is 2.19. The van der Waals surface area contributed by atoms with Crippen molar-refractivity contribution in [2.24, 2.45) is 7.05 Å². The summed E-state index contributed by atoms with van der Waals surface area (Å²) in [5, 5.41) is 0. The van der Waals surface area contributed by atoms with Gasteiger partial charge in [-0.1, -0.05) is 19.1 Å². The first-order valence-corrected chi connectivity index (χ1v) is 9.29. The fourth-order valence-corrected chi connectivity index (χ4v) is 3.76. The molecule has 3 heterocycles. The minimum atomic E-state index is -0.0473. The van der Waals surface area contributed by atoms with E-state index in [2.05, 4.69) is 21.7 Å². The highest BCUT2D eigenvalue weighted by molar-refractivity contribution is 5.78. The van der Waals surface area contributed by atoms with Crippen molar-refractivity contribution >= 4 is 16.9 Å². The molecule has 0 bridgehead atoms. The number of pyridine rings is 1. The Kier molecular flexibility index (Phi) is 4.51. The Labute approximate surface area is 153 Å². The number of fused-ring (bicyclic) bond motifs is 1. The van der Waals surface area contributed by atoms with E-state index < -0.39 is 0 Å². The Bertz CT molecular complexity index is 948. The van der Waals surface area contributed by atoms with Crippen LogP contribution in [0, 0.1) is 0 Å². The van der Waals surface area contributed by atoms with Gasteiger partial charge in [0.25, 0.3) is 0 Å². The van der Waals surface area contributed by atoms with Crippen LogP contribution >= 0.6 is 0 Å². The van der Waals surface area contributed by atoms with Crippen molar-refractivity contribution in [3.05, 3.63) is 53.1 Å². The van der Waals surface area contributed by atoms with Crippen LogP contribution < -0.4 is 10.6 Å². The summed E-state index contributed by atoms with van der Waals surface area (Å²) in [5.74, 6) is 0.984. The molecule has 0 atom stereocenters. The molecule has 1 aliphatic heterocycles. The topological polar surface area (TPSA) is 46.3 Å². The molecule has 26 heavy (non-hydrogen) atoms. The molecule has 3 aromatic rings. The third-order valence-electron chi connectivity index (χ3n) is 5.19. The zero-order chi connectivity index (χ0) is 18.1. The fourth-order valence-electron chi connectivity index (χ4n) is 3.76. The highest BCUT2D eigenvalue weighted by atomic mass is 16.1. The standard InChI is InChI=1S/C20H25N5O/c1-3-10-23-11-13-24(14-12-23)19-9-8-16(15-21-19)25-18-7-5-4-6-17(18)22(2)20(25)26/h4-9,15H,3,10-14H2,1-2H3. The number of nitrogens with zero attached hydrogens (tertiary/aromatic N) is 5. The van der Waals surface area contributed by atoms with Gasteiger partial charge in [-0.25, -0.2) is 9.78 Å². The summed E-state index contributed by atoms with van der Waals surface area (Å²) in [5.41, 5.74) is 2.59. The maximum absolute atomic E-state index is 12.7. The number of rotatable bonds is 4. The van der Waals surface area contributed by atoms with E-state index in [-0.39, 0.29) is 5.69 Å². The second kappa shape index (κ2) is 6.96. The molecule has 1 aromatic carbocycles. The van der Waals surface area contributed by atoms with Crippen LogP contribution in [0.5, 0.6) is 0 Å². The van der Waals surface area contributed by atoms with Gasteiger partial charge >= 0.3 is 5.69 Å². The SMILES string of the molecule is CCCN1CCN(c2ccc(-n3c(=O)n(C)c4ccccc43)cn2)CC1. The van der Waals surface area contributed by atoms with Crippen LogP contribution in [-0.4, -0.2) is 51.7 Å². The molecule has 6 heteroatoms. The third kappa shape index (κ3) is 2.90. The van der Waals surface area contributed by atoms with Gasteiger partial charge in [0.2, 0.25) is 0 Å². The molecular weight excluding hydrogens is 326 g/mol. The molecule has 6 nitrogen and oxygen atoms in total. The fraction of sp³-hybridized carbons (Fsp3) is 0.400. The number of hydrogen-bond acceptors (Lipinski definition) is 4. The lowest BCUT2D eigenvalue weighted by Gasteiger charge is -2.35. The minimum absolute atomic E-state index is 0.0473. The van der Waals surface area contributed by atoms with E-state index in [9.17, 15) is 4.79 Å². The van der Waals surface area contributed by atoms with Crippen molar-refractivity contribution in [1.29, 1.82) is 0 Å². The summed E-state index contributed by atoms with van der Waals surface area (Å²) in [4.78, 5) is 22.1. The molecule has 0 amide bonds. The average molecular weight is 351 g/mol. The van der Waals surface area contributed by atoms with Crippen LogP contribution in [0.15, 0.2) is 47.4 Å². The molecule has 2 aromatic heterocycles. The lowest BCUT2D eigenvalue weighted by molar-refractivity contribution is 0.258. The highest BCUT2D eigenvalue weighted by Gasteiger charge is 2.18. The van der Waals surface area contributed by atoms with Crippen molar-refractivity contribution < 1.29 is 0 Å². The Hall–Kier alpha value is -2.60.